The molecule has 0 saturated carbocycles. The average Bonchev–Trinajstić information content (AvgIpc) is 2.16. The second kappa shape index (κ2) is 6.70. The van der Waals surface area contributed by atoms with Gasteiger partial charge in [-0.1, -0.05) is 25.7 Å². The molecular formula is C11H18O2. The Morgan fingerprint density at radius 2 is 1.77 bits per heavy atom. The number of allylic oxidation sites excluding steroid dienone is 2. The van der Waals surface area contributed by atoms with Crippen LogP contribution in [0, 0.1) is 0 Å². The van der Waals surface area contributed by atoms with Crippen LogP contribution in [0.25, 0.3) is 0 Å². The molecule has 0 radical (unpaired) electrons. The van der Waals surface area contributed by atoms with Crippen LogP contribution in [0.15, 0.2) is 11.8 Å². The second-order valence-corrected chi connectivity index (χ2v) is 3.54. The van der Waals surface area contributed by atoms with Crippen molar-refractivity contribution in [2.45, 2.75) is 51.4 Å². The normalized spacial score (nSPS) is 20.2. The van der Waals surface area contributed by atoms with Gasteiger partial charge in [0.05, 0.1) is 0 Å². The molecule has 0 bridgehead atoms. The Labute approximate surface area is 80.0 Å². The standard InChI is InChI=1S/C11H18O2/c12-10-13-11-8-6-4-2-1-3-5-7-9-11/h8,10H,1-7,9H2. The van der Waals surface area contributed by atoms with Crippen molar-refractivity contribution in [1.29, 1.82) is 0 Å². The summed E-state index contributed by atoms with van der Waals surface area (Å²) in [6.07, 6.45) is 11.7. The predicted molar refractivity (Wildman–Crippen MR) is 52.2 cm³/mol. The summed E-state index contributed by atoms with van der Waals surface area (Å²) < 4.78 is 4.90. The molecule has 0 amide bonds. The Kier molecular flexibility index (Phi) is 5.30. The van der Waals surface area contributed by atoms with E-state index in [1.54, 1.807) is 0 Å². The van der Waals surface area contributed by atoms with Gasteiger partial charge in [0.1, 0.15) is 5.76 Å². The molecule has 0 aliphatic heterocycles. The Bertz CT molecular complexity index is 173. The van der Waals surface area contributed by atoms with Crippen LogP contribution in [0.4, 0.5) is 0 Å². The molecule has 0 heterocycles. The van der Waals surface area contributed by atoms with Crippen molar-refractivity contribution in [3.8, 4) is 0 Å². The third-order valence-electron chi connectivity index (χ3n) is 2.45. The molecule has 0 saturated heterocycles. The molecule has 1 aliphatic carbocycles. The van der Waals surface area contributed by atoms with E-state index in [0.29, 0.717) is 6.47 Å². The molecule has 0 fully saturated rings. The van der Waals surface area contributed by atoms with Crippen LogP contribution in [0.2, 0.25) is 0 Å². The topological polar surface area (TPSA) is 26.3 Å². The van der Waals surface area contributed by atoms with Crippen LogP contribution in [-0.2, 0) is 9.53 Å². The van der Waals surface area contributed by atoms with Crippen LogP contribution in [-0.4, -0.2) is 6.47 Å². The first-order chi connectivity index (χ1) is 6.43. The van der Waals surface area contributed by atoms with Gasteiger partial charge in [-0.3, -0.25) is 4.79 Å². The van der Waals surface area contributed by atoms with E-state index in [-0.39, 0.29) is 0 Å². The molecule has 0 aromatic heterocycles. The lowest BCUT2D eigenvalue weighted by Gasteiger charge is -2.07. The lowest BCUT2D eigenvalue weighted by atomic mass is 10.0. The molecule has 1 rings (SSSR count). The fourth-order valence-corrected chi connectivity index (χ4v) is 1.68. The monoisotopic (exact) mass is 182 g/mol. The number of carbonyl (C=O) groups is 1. The van der Waals surface area contributed by atoms with Gasteiger partial charge in [0.25, 0.3) is 6.47 Å². The van der Waals surface area contributed by atoms with Crippen LogP contribution in [0.1, 0.15) is 51.4 Å². The predicted octanol–water partition coefficient (Wildman–Crippen LogP) is 3.18. The van der Waals surface area contributed by atoms with Gasteiger partial charge in [-0.2, -0.15) is 0 Å². The zero-order valence-corrected chi connectivity index (χ0v) is 8.13. The number of rotatable bonds is 2. The molecule has 0 atom stereocenters. The van der Waals surface area contributed by atoms with E-state index >= 15 is 0 Å². The molecule has 2 nitrogen and oxygen atoms in total. The Balaban J connectivity index is 2.37. The first-order valence-electron chi connectivity index (χ1n) is 5.23. The van der Waals surface area contributed by atoms with Gasteiger partial charge in [0, 0.05) is 6.42 Å². The lowest BCUT2D eigenvalue weighted by molar-refractivity contribution is -0.125. The minimum Gasteiger partial charge on any atom is -0.434 e. The van der Waals surface area contributed by atoms with Gasteiger partial charge in [0.2, 0.25) is 0 Å². The van der Waals surface area contributed by atoms with E-state index in [0.717, 1.165) is 25.0 Å². The van der Waals surface area contributed by atoms with Crippen LogP contribution < -0.4 is 0 Å². The summed E-state index contributed by atoms with van der Waals surface area (Å²) in [6.45, 7) is 0.539. The van der Waals surface area contributed by atoms with E-state index in [1.807, 2.05) is 0 Å². The molecule has 74 valence electrons. The van der Waals surface area contributed by atoms with Gasteiger partial charge in [-0.05, 0) is 25.3 Å². The van der Waals surface area contributed by atoms with E-state index in [1.165, 1.54) is 32.1 Å². The molecule has 2 heteroatoms. The molecule has 0 aromatic carbocycles. The van der Waals surface area contributed by atoms with E-state index < -0.39 is 0 Å². The fourth-order valence-electron chi connectivity index (χ4n) is 1.68. The lowest BCUT2D eigenvalue weighted by Crippen LogP contribution is -1.93. The van der Waals surface area contributed by atoms with Gasteiger partial charge >= 0.3 is 0 Å². The van der Waals surface area contributed by atoms with Crippen molar-refractivity contribution in [2.24, 2.45) is 0 Å². The van der Waals surface area contributed by atoms with E-state index in [9.17, 15) is 4.79 Å². The van der Waals surface area contributed by atoms with Crippen molar-refractivity contribution < 1.29 is 9.53 Å². The van der Waals surface area contributed by atoms with Gasteiger partial charge in [-0.25, -0.2) is 0 Å². The highest BCUT2D eigenvalue weighted by Crippen LogP contribution is 2.16. The molecule has 13 heavy (non-hydrogen) atoms. The van der Waals surface area contributed by atoms with Crippen molar-refractivity contribution in [3.63, 3.8) is 0 Å². The summed E-state index contributed by atoms with van der Waals surface area (Å²) in [5, 5.41) is 0. The highest BCUT2D eigenvalue weighted by molar-refractivity contribution is 5.39. The van der Waals surface area contributed by atoms with Crippen molar-refractivity contribution in [2.75, 3.05) is 0 Å². The Hall–Kier alpha value is -0.790. The largest absolute Gasteiger partial charge is 0.434 e. The van der Waals surface area contributed by atoms with Crippen molar-refractivity contribution >= 4 is 6.47 Å². The summed E-state index contributed by atoms with van der Waals surface area (Å²) in [5.74, 6) is 0.872. The highest BCUT2D eigenvalue weighted by atomic mass is 16.5. The number of carbonyl (C=O) groups excluding carboxylic acids is 1. The summed E-state index contributed by atoms with van der Waals surface area (Å²) >= 11 is 0. The second-order valence-electron chi connectivity index (χ2n) is 3.54. The molecule has 0 aromatic rings. The van der Waals surface area contributed by atoms with Gasteiger partial charge in [0.15, 0.2) is 0 Å². The molecule has 1 aliphatic rings. The van der Waals surface area contributed by atoms with Crippen molar-refractivity contribution in [3.05, 3.63) is 11.8 Å². The Morgan fingerprint density at radius 3 is 2.54 bits per heavy atom. The highest BCUT2D eigenvalue weighted by Gasteiger charge is 2.00. The Morgan fingerprint density at radius 1 is 1.08 bits per heavy atom. The minimum atomic E-state index is 0.539. The molecule has 0 spiro atoms. The first-order valence-corrected chi connectivity index (χ1v) is 5.23. The fraction of sp³-hybridized carbons (Fsp3) is 0.727. The zero-order chi connectivity index (χ0) is 9.36. The maximum atomic E-state index is 10.2. The third kappa shape index (κ3) is 4.71. The van der Waals surface area contributed by atoms with Crippen LogP contribution in [0.3, 0.4) is 0 Å². The SMILES string of the molecule is O=COC1=CCCCCCCCC1. The average molecular weight is 182 g/mol. The molecule has 0 N–H and O–H groups in total. The van der Waals surface area contributed by atoms with Gasteiger partial charge in [-0.15, -0.1) is 0 Å². The number of ether oxygens (including phenoxy) is 1. The van der Waals surface area contributed by atoms with Crippen LogP contribution >= 0.6 is 0 Å². The molecular weight excluding hydrogens is 164 g/mol. The van der Waals surface area contributed by atoms with Crippen molar-refractivity contribution in [1.82, 2.24) is 0 Å². The quantitative estimate of drug-likeness (QED) is 0.613. The summed E-state index contributed by atoms with van der Waals surface area (Å²) in [4.78, 5) is 10.2. The first kappa shape index (κ1) is 10.3. The number of hydrogen-bond acceptors (Lipinski definition) is 2. The summed E-state index contributed by atoms with van der Waals surface area (Å²) in [5.41, 5.74) is 0. The third-order valence-corrected chi connectivity index (χ3v) is 2.45. The van der Waals surface area contributed by atoms with Crippen LogP contribution in [0.5, 0.6) is 0 Å². The van der Waals surface area contributed by atoms with E-state index in [2.05, 4.69) is 6.08 Å². The minimum absolute atomic E-state index is 0.539. The maximum absolute atomic E-state index is 10.2. The summed E-state index contributed by atoms with van der Waals surface area (Å²) in [6, 6.07) is 0. The number of hydrogen-bond donors (Lipinski definition) is 0. The zero-order valence-electron chi connectivity index (χ0n) is 8.13. The maximum Gasteiger partial charge on any atom is 0.298 e. The van der Waals surface area contributed by atoms with Gasteiger partial charge < -0.3 is 4.74 Å². The summed E-state index contributed by atoms with van der Waals surface area (Å²) in [7, 11) is 0. The smallest absolute Gasteiger partial charge is 0.298 e. The molecule has 0 unspecified atom stereocenters. The van der Waals surface area contributed by atoms with E-state index in [4.69, 9.17) is 4.74 Å².